The topological polar surface area (TPSA) is 26.3 Å². The molecule has 0 amide bonds. The van der Waals surface area contributed by atoms with Crippen molar-refractivity contribution < 1.29 is 9.22 Å². The molecule has 0 atom stereocenters. The first-order chi connectivity index (χ1) is 7.18. The number of rotatable bonds is 4. The van der Waals surface area contributed by atoms with Crippen LogP contribution >= 0.6 is 22.2 Å². The fourth-order valence-electron chi connectivity index (χ4n) is 1.03. The van der Waals surface area contributed by atoms with Gasteiger partial charge in [0.05, 0.1) is 0 Å². The lowest BCUT2D eigenvalue weighted by molar-refractivity contribution is -0.128. The number of benzene rings is 1. The number of hydrogen-bond donors (Lipinski definition) is 0. The monoisotopic (exact) mass is 260 g/mol. The Morgan fingerprint density at radius 2 is 2.00 bits per heavy atom. The summed E-state index contributed by atoms with van der Waals surface area (Å²) < 4.78 is 4.63. The van der Waals surface area contributed by atoms with Gasteiger partial charge >= 0.3 is 13.6 Å². The summed E-state index contributed by atoms with van der Waals surface area (Å²) in [5.74, 6) is -0.479. The molecule has 0 N–H and O–H groups in total. The van der Waals surface area contributed by atoms with E-state index >= 15 is 0 Å². The Labute approximate surface area is 99.6 Å². The molecule has 0 aliphatic carbocycles. The number of allylic oxidation sites excluding steroid dienone is 1. The molecule has 0 fully saturated rings. The highest BCUT2D eigenvalue weighted by atomic mass is 35.7. The molecule has 1 aromatic carbocycles. The molecule has 1 aromatic rings. The summed E-state index contributed by atoms with van der Waals surface area (Å²) in [5.41, 5.74) is 1.13. The second-order valence-corrected chi connectivity index (χ2v) is 6.60. The van der Waals surface area contributed by atoms with Crippen LogP contribution in [0, 0.1) is 0 Å². The van der Waals surface area contributed by atoms with Crippen LogP contribution in [0.1, 0.15) is 5.56 Å². The van der Waals surface area contributed by atoms with Gasteiger partial charge in [-0.3, -0.25) is 0 Å². The predicted octanol–water partition coefficient (Wildman–Crippen LogP) is 2.52. The minimum Gasteiger partial charge on any atom is -0.491 e. The van der Waals surface area contributed by atoms with E-state index < -0.39 is 13.6 Å². The maximum atomic E-state index is 11.0. The van der Waals surface area contributed by atoms with Gasteiger partial charge in [-0.25, -0.2) is 4.79 Å². The van der Waals surface area contributed by atoms with Gasteiger partial charge in [0.2, 0.25) is 0 Å². The fourth-order valence-corrected chi connectivity index (χ4v) is 1.81. The maximum absolute atomic E-state index is 11.0. The zero-order valence-electron chi connectivity index (χ0n) is 7.90. The lowest BCUT2D eigenvalue weighted by Crippen LogP contribution is -2.08. The number of hydrogen-bond acceptors (Lipinski definition) is 2. The summed E-state index contributed by atoms with van der Waals surface area (Å²) in [5, 5.41) is 0. The zero-order valence-corrected chi connectivity index (χ0v) is 10.6. The van der Waals surface area contributed by atoms with Crippen LogP contribution in [0.25, 0.3) is 0 Å². The van der Waals surface area contributed by atoms with Gasteiger partial charge in [0.1, 0.15) is 0 Å². The van der Waals surface area contributed by atoms with Crippen molar-refractivity contribution in [2.75, 3.05) is 0 Å². The molecule has 0 saturated heterocycles. The first kappa shape index (κ1) is 12.3. The van der Waals surface area contributed by atoms with Crippen LogP contribution in [0.5, 0.6) is 0 Å². The van der Waals surface area contributed by atoms with Crippen molar-refractivity contribution in [1.82, 2.24) is 0 Å². The van der Waals surface area contributed by atoms with Crippen LogP contribution in [0.2, 0.25) is 0 Å². The van der Waals surface area contributed by atoms with E-state index in [-0.39, 0.29) is 0 Å². The molecule has 2 nitrogen and oxygen atoms in total. The third-order valence-corrected chi connectivity index (χ3v) is 2.60. The van der Waals surface area contributed by atoms with E-state index in [9.17, 15) is 4.79 Å². The summed E-state index contributed by atoms with van der Waals surface area (Å²) in [4.78, 5) is 11.0. The van der Waals surface area contributed by atoms with Crippen LogP contribution in [0.3, 0.4) is 0 Å². The summed E-state index contributed by atoms with van der Waals surface area (Å²) in [6, 6.07) is 9.80. The molecule has 0 saturated carbocycles. The van der Waals surface area contributed by atoms with Crippen molar-refractivity contribution in [2.45, 2.75) is 6.42 Å². The van der Waals surface area contributed by atoms with Crippen molar-refractivity contribution >= 4 is 35.8 Å². The summed E-state index contributed by atoms with van der Waals surface area (Å²) in [6.07, 6.45) is 3.76. The van der Waals surface area contributed by atoms with E-state index in [1.807, 2.05) is 30.3 Å². The Hall–Kier alpha value is -0.773. The largest absolute Gasteiger partial charge is 0.491 e. The Balaban J connectivity index is 2.37. The number of carbonyl (C=O) groups is 1. The Kier molecular flexibility index (Phi) is 5.46. The van der Waals surface area contributed by atoms with Crippen LogP contribution in [0.15, 0.2) is 42.5 Å². The van der Waals surface area contributed by atoms with Gasteiger partial charge in [0, 0.05) is 6.08 Å². The SMILES string of the molecule is O=C(C=CCc1ccccc1)O[SiH](Cl)Cl. The Morgan fingerprint density at radius 1 is 1.33 bits per heavy atom. The zero-order chi connectivity index (χ0) is 11.1. The van der Waals surface area contributed by atoms with Crippen LogP contribution in [0.4, 0.5) is 0 Å². The molecule has 0 bridgehead atoms. The lowest BCUT2D eigenvalue weighted by Gasteiger charge is -1.98. The van der Waals surface area contributed by atoms with Crippen molar-refractivity contribution in [1.29, 1.82) is 0 Å². The third kappa shape index (κ3) is 5.62. The molecule has 5 heteroatoms. The molecule has 0 spiro atoms. The molecule has 0 aliphatic heterocycles. The van der Waals surface area contributed by atoms with E-state index in [1.54, 1.807) is 6.08 Å². The van der Waals surface area contributed by atoms with Gasteiger partial charge in [0.15, 0.2) is 0 Å². The summed E-state index contributed by atoms with van der Waals surface area (Å²) in [6.45, 7) is 0. The highest BCUT2D eigenvalue weighted by Gasteiger charge is 2.06. The second-order valence-electron chi connectivity index (χ2n) is 2.79. The standard InChI is InChI=1S/C10H10Cl2O2Si/c11-15(12)14-10(13)8-4-7-9-5-2-1-3-6-9/h1-6,8,15H,7H2. The molecule has 0 radical (unpaired) electrons. The molecule has 0 aliphatic rings. The molecule has 0 aromatic heterocycles. The number of carbonyl (C=O) groups excluding carboxylic acids is 1. The highest BCUT2D eigenvalue weighted by Crippen LogP contribution is 2.02. The van der Waals surface area contributed by atoms with Gasteiger partial charge in [0.25, 0.3) is 0 Å². The quantitative estimate of drug-likeness (QED) is 0.473. The van der Waals surface area contributed by atoms with E-state index in [0.717, 1.165) is 5.56 Å². The Morgan fingerprint density at radius 3 is 2.60 bits per heavy atom. The second kappa shape index (κ2) is 6.66. The molecule has 0 unspecified atom stereocenters. The first-order valence-corrected chi connectivity index (χ1v) is 8.34. The van der Waals surface area contributed by atoms with Crippen molar-refractivity contribution in [3.63, 3.8) is 0 Å². The first-order valence-electron chi connectivity index (χ1n) is 4.37. The molecule has 15 heavy (non-hydrogen) atoms. The number of halogens is 2. The predicted molar refractivity (Wildman–Crippen MR) is 64.2 cm³/mol. The highest BCUT2D eigenvalue weighted by molar-refractivity contribution is 7.31. The van der Waals surface area contributed by atoms with Gasteiger partial charge in [-0.2, -0.15) is 0 Å². The smallest absolute Gasteiger partial charge is 0.435 e. The van der Waals surface area contributed by atoms with Gasteiger partial charge in [-0.1, -0.05) is 36.4 Å². The van der Waals surface area contributed by atoms with E-state index in [4.69, 9.17) is 22.2 Å². The van der Waals surface area contributed by atoms with Crippen molar-refractivity contribution in [3.8, 4) is 0 Å². The van der Waals surface area contributed by atoms with Crippen molar-refractivity contribution in [2.24, 2.45) is 0 Å². The molecule has 0 heterocycles. The van der Waals surface area contributed by atoms with E-state index in [0.29, 0.717) is 6.42 Å². The van der Waals surface area contributed by atoms with Crippen molar-refractivity contribution in [3.05, 3.63) is 48.0 Å². The van der Waals surface area contributed by atoms with Crippen LogP contribution in [-0.4, -0.2) is 13.6 Å². The minimum absolute atomic E-state index is 0.479. The average molecular weight is 261 g/mol. The average Bonchev–Trinajstić information content (AvgIpc) is 2.18. The minimum atomic E-state index is -2.30. The van der Waals surface area contributed by atoms with E-state index in [1.165, 1.54) is 6.08 Å². The fraction of sp³-hybridized carbons (Fsp3) is 0.100. The molecule has 80 valence electrons. The molecular weight excluding hydrogens is 251 g/mol. The summed E-state index contributed by atoms with van der Waals surface area (Å²) >= 11 is 10.8. The maximum Gasteiger partial charge on any atom is 0.435 e. The Bertz CT molecular complexity index is 339. The summed E-state index contributed by atoms with van der Waals surface area (Å²) in [7, 11) is -2.30. The van der Waals surface area contributed by atoms with Crippen LogP contribution < -0.4 is 0 Å². The third-order valence-electron chi connectivity index (χ3n) is 1.66. The van der Waals surface area contributed by atoms with Crippen LogP contribution in [-0.2, 0) is 15.6 Å². The van der Waals surface area contributed by atoms with E-state index in [2.05, 4.69) is 4.43 Å². The van der Waals surface area contributed by atoms with Gasteiger partial charge in [-0.05, 0) is 12.0 Å². The molecular formula is C10H10Cl2O2Si. The molecule has 1 rings (SSSR count). The normalized spacial score (nSPS) is 10.9. The lowest BCUT2D eigenvalue weighted by atomic mass is 10.1. The van der Waals surface area contributed by atoms with Gasteiger partial charge in [-0.15, -0.1) is 22.2 Å². The van der Waals surface area contributed by atoms with Gasteiger partial charge < -0.3 is 4.43 Å².